The Morgan fingerprint density at radius 2 is 1.95 bits per heavy atom. The van der Waals surface area contributed by atoms with Crippen LogP contribution in [-0.2, 0) is 10.0 Å². The van der Waals surface area contributed by atoms with Crippen LogP contribution in [-0.4, -0.2) is 26.6 Å². The van der Waals surface area contributed by atoms with E-state index in [1.165, 1.54) is 0 Å². The summed E-state index contributed by atoms with van der Waals surface area (Å²) < 4.78 is 27.1. The Labute approximate surface area is 126 Å². The van der Waals surface area contributed by atoms with E-state index in [9.17, 15) is 8.42 Å². The summed E-state index contributed by atoms with van der Waals surface area (Å²) in [4.78, 5) is 0. The Morgan fingerprint density at radius 3 is 2.50 bits per heavy atom. The molecular weight excluding hydrogens is 294 g/mol. The molecular formula is C15H22ClNO2S. The van der Waals surface area contributed by atoms with Gasteiger partial charge in [-0.25, -0.2) is 13.1 Å². The number of hydrogen-bond donors (Lipinski definition) is 1. The van der Waals surface area contributed by atoms with Crippen molar-refractivity contribution in [2.75, 3.05) is 18.2 Å². The van der Waals surface area contributed by atoms with Gasteiger partial charge in [0, 0.05) is 12.4 Å². The summed E-state index contributed by atoms with van der Waals surface area (Å²) in [5.74, 6) is 0.729. The highest BCUT2D eigenvalue weighted by molar-refractivity contribution is 7.89. The molecule has 1 aromatic rings. The number of hydrogen-bond acceptors (Lipinski definition) is 2. The second-order valence-corrected chi connectivity index (χ2v) is 8.08. The van der Waals surface area contributed by atoms with Crippen LogP contribution in [0.4, 0.5) is 0 Å². The van der Waals surface area contributed by atoms with Crippen LogP contribution in [0.1, 0.15) is 37.7 Å². The van der Waals surface area contributed by atoms with Gasteiger partial charge in [-0.05, 0) is 36.2 Å². The van der Waals surface area contributed by atoms with E-state index < -0.39 is 10.0 Å². The molecule has 0 radical (unpaired) electrons. The van der Waals surface area contributed by atoms with Crippen molar-refractivity contribution in [1.82, 2.24) is 4.72 Å². The predicted octanol–water partition coefficient (Wildman–Crippen LogP) is 3.12. The van der Waals surface area contributed by atoms with Gasteiger partial charge in [-0.3, -0.25) is 0 Å². The number of sulfonamides is 1. The highest BCUT2D eigenvalue weighted by Crippen LogP contribution is 2.48. The first-order valence-corrected chi connectivity index (χ1v) is 9.23. The van der Waals surface area contributed by atoms with Gasteiger partial charge in [0.05, 0.1) is 5.75 Å². The first kappa shape index (κ1) is 15.8. The lowest BCUT2D eigenvalue weighted by Crippen LogP contribution is -2.33. The lowest BCUT2D eigenvalue weighted by atomic mass is 10.0. The Kier molecular flexibility index (Phi) is 5.10. The van der Waals surface area contributed by atoms with E-state index in [0.717, 1.165) is 24.8 Å². The van der Waals surface area contributed by atoms with Crippen molar-refractivity contribution in [2.45, 2.75) is 32.1 Å². The van der Waals surface area contributed by atoms with Crippen LogP contribution in [0, 0.1) is 5.41 Å². The number of rotatable bonds is 8. The van der Waals surface area contributed by atoms with E-state index in [0.29, 0.717) is 12.4 Å². The molecule has 20 heavy (non-hydrogen) atoms. The van der Waals surface area contributed by atoms with Gasteiger partial charge >= 0.3 is 0 Å². The second kappa shape index (κ2) is 6.46. The van der Waals surface area contributed by atoms with Crippen LogP contribution < -0.4 is 4.72 Å². The Balaban J connectivity index is 1.88. The number of halogens is 1. The average molecular weight is 316 g/mol. The molecule has 1 N–H and O–H groups in total. The summed E-state index contributed by atoms with van der Waals surface area (Å²) in [6.45, 7) is 2.48. The zero-order valence-electron chi connectivity index (χ0n) is 11.8. The molecule has 0 bridgehead atoms. The first-order valence-electron chi connectivity index (χ1n) is 7.05. The van der Waals surface area contributed by atoms with E-state index in [2.05, 4.69) is 4.72 Å². The van der Waals surface area contributed by atoms with E-state index in [1.807, 2.05) is 37.3 Å². The molecule has 1 aliphatic rings. The van der Waals surface area contributed by atoms with Crippen molar-refractivity contribution in [2.24, 2.45) is 5.41 Å². The van der Waals surface area contributed by atoms with Crippen LogP contribution in [0.2, 0.25) is 0 Å². The lowest BCUT2D eigenvalue weighted by molar-refractivity contribution is 0.477. The standard InChI is InChI=1S/C15H22ClNO2S/c1-13(14-5-3-2-4-6-14)11-20(18,19)17-12-15(7-8-15)9-10-16/h2-6,13,17H,7-12H2,1H3. The van der Waals surface area contributed by atoms with Crippen molar-refractivity contribution in [3.63, 3.8) is 0 Å². The van der Waals surface area contributed by atoms with E-state index in [4.69, 9.17) is 11.6 Å². The van der Waals surface area contributed by atoms with Crippen LogP contribution in [0.5, 0.6) is 0 Å². The fraction of sp³-hybridized carbons (Fsp3) is 0.600. The van der Waals surface area contributed by atoms with Crippen LogP contribution >= 0.6 is 11.6 Å². The molecule has 1 aliphatic carbocycles. The molecule has 0 aromatic heterocycles. The third-order valence-corrected chi connectivity index (χ3v) is 5.80. The van der Waals surface area contributed by atoms with Crippen molar-refractivity contribution in [3.8, 4) is 0 Å². The number of benzene rings is 1. The molecule has 1 saturated carbocycles. The topological polar surface area (TPSA) is 46.2 Å². The summed E-state index contributed by atoms with van der Waals surface area (Å²) >= 11 is 5.76. The molecule has 3 nitrogen and oxygen atoms in total. The van der Waals surface area contributed by atoms with Crippen LogP contribution in [0.3, 0.4) is 0 Å². The van der Waals surface area contributed by atoms with Gasteiger partial charge in [-0.2, -0.15) is 0 Å². The SMILES string of the molecule is CC(CS(=O)(=O)NCC1(CCCl)CC1)c1ccccc1. The van der Waals surface area contributed by atoms with Crippen LogP contribution in [0.25, 0.3) is 0 Å². The Hall–Kier alpha value is -0.580. The monoisotopic (exact) mass is 315 g/mol. The average Bonchev–Trinajstić information content (AvgIpc) is 3.18. The van der Waals surface area contributed by atoms with Crippen molar-refractivity contribution < 1.29 is 8.42 Å². The van der Waals surface area contributed by atoms with E-state index >= 15 is 0 Å². The second-order valence-electron chi connectivity index (χ2n) is 5.85. The minimum atomic E-state index is -3.23. The quantitative estimate of drug-likeness (QED) is 0.749. The Bertz CT molecular complexity index is 526. The van der Waals surface area contributed by atoms with Crippen molar-refractivity contribution in [1.29, 1.82) is 0 Å². The summed E-state index contributed by atoms with van der Waals surface area (Å²) in [5, 5.41) is 0. The fourth-order valence-corrected chi connectivity index (χ4v) is 4.32. The molecule has 1 fully saturated rings. The molecule has 5 heteroatoms. The first-order chi connectivity index (χ1) is 9.46. The van der Waals surface area contributed by atoms with Crippen molar-refractivity contribution in [3.05, 3.63) is 35.9 Å². The summed E-state index contributed by atoms with van der Waals surface area (Å²) in [6, 6.07) is 9.75. The zero-order chi connectivity index (χ0) is 14.6. The Morgan fingerprint density at radius 1 is 1.30 bits per heavy atom. The third kappa shape index (κ3) is 4.47. The largest absolute Gasteiger partial charge is 0.215 e. The van der Waals surface area contributed by atoms with Gasteiger partial charge in [-0.15, -0.1) is 11.6 Å². The highest BCUT2D eigenvalue weighted by atomic mass is 35.5. The third-order valence-electron chi connectivity index (χ3n) is 4.09. The molecule has 0 heterocycles. The number of nitrogens with one attached hydrogen (secondary N) is 1. The number of alkyl halides is 1. The molecule has 1 atom stereocenters. The molecule has 0 amide bonds. The molecule has 1 unspecified atom stereocenters. The fourth-order valence-electron chi connectivity index (χ4n) is 2.42. The summed E-state index contributed by atoms with van der Waals surface area (Å²) in [7, 11) is -3.23. The van der Waals surface area contributed by atoms with Gasteiger partial charge in [-0.1, -0.05) is 37.3 Å². The van der Waals surface area contributed by atoms with E-state index in [-0.39, 0.29) is 17.1 Å². The summed E-state index contributed by atoms with van der Waals surface area (Å²) in [5.41, 5.74) is 1.19. The van der Waals surface area contributed by atoms with Gasteiger partial charge in [0.15, 0.2) is 0 Å². The highest BCUT2D eigenvalue weighted by Gasteiger charge is 2.42. The van der Waals surface area contributed by atoms with Crippen LogP contribution in [0.15, 0.2) is 30.3 Å². The maximum Gasteiger partial charge on any atom is 0.212 e. The smallest absolute Gasteiger partial charge is 0.212 e. The summed E-state index contributed by atoms with van der Waals surface area (Å²) in [6.07, 6.45) is 3.05. The molecule has 1 aromatic carbocycles. The maximum absolute atomic E-state index is 12.1. The maximum atomic E-state index is 12.1. The zero-order valence-corrected chi connectivity index (χ0v) is 13.4. The van der Waals surface area contributed by atoms with Gasteiger partial charge in [0.2, 0.25) is 10.0 Å². The normalized spacial score (nSPS) is 18.7. The van der Waals surface area contributed by atoms with Gasteiger partial charge in [0.1, 0.15) is 0 Å². The van der Waals surface area contributed by atoms with Crippen molar-refractivity contribution >= 4 is 21.6 Å². The molecule has 0 saturated heterocycles. The predicted molar refractivity (Wildman–Crippen MR) is 83.7 cm³/mol. The minimum absolute atomic E-state index is 0.00289. The van der Waals surface area contributed by atoms with Gasteiger partial charge < -0.3 is 0 Å². The molecule has 2 rings (SSSR count). The molecule has 112 valence electrons. The molecule has 0 aliphatic heterocycles. The van der Waals surface area contributed by atoms with Gasteiger partial charge in [0.25, 0.3) is 0 Å². The molecule has 0 spiro atoms. The minimum Gasteiger partial charge on any atom is -0.215 e. The van der Waals surface area contributed by atoms with E-state index in [1.54, 1.807) is 0 Å². The lowest BCUT2D eigenvalue weighted by Gasteiger charge is -2.17.